The Morgan fingerprint density at radius 2 is 2.12 bits per heavy atom. The van der Waals surface area contributed by atoms with E-state index in [1.165, 1.54) is 0 Å². The van der Waals surface area contributed by atoms with Gasteiger partial charge in [-0.1, -0.05) is 13.8 Å². The van der Waals surface area contributed by atoms with Crippen molar-refractivity contribution in [3.63, 3.8) is 0 Å². The van der Waals surface area contributed by atoms with Gasteiger partial charge in [0.2, 0.25) is 5.91 Å². The van der Waals surface area contributed by atoms with Crippen LogP contribution in [0.15, 0.2) is 0 Å². The van der Waals surface area contributed by atoms with E-state index in [4.69, 9.17) is 0 Å². The molecule has 100 valence electrons. The number of sulfone groups is 1. The molecule has 6 heteroatoms. The van der Waals surface area contributed by atoms with Gasteiger partial charge in [0.1, 0.15) is 0 Å². The average Bonchev–Trinajstić information content (AvgIpc) is 2.52. The summed E-state index contributed by atoms with van der Waals surface area (Å²) in [5.74, 6) is 0.782. The third-order valence-electron chi connectivity index (χ3n) is 2.78. The van der Waals surface area contributed by atoms with Crippen LogP contribution in [0.5, 0.6) is 0 Å². The number of carbonyl (C=O) groups excluding carboxylic acids is 1. The summed E-state index contributed by atoms with van der Waals surface area (Å²) in [7, 11) is -2.91. The van der Waals surface area contributed by atoms with Gasteiger partial charge in [-0.2, -0.15) is 0 Å². The molecule has 1 atom stereocenters. The zero-order valence-corrected chi connectivity index (χ0v) is 11.3. The quantitative estimate of drug-likeness (QED) is 0.657. The highest BCUT2D eigenvalue weighted by Gasteiger charge is 2.28. The molecule has 1 saturated heterocycles. The Kier molecular flexibility index (Phi) is 5.39. The highest BCUT2D eigenvalue weighted by molar-refractivity contribution is 7.91. The van der Waals surface area contributed by atoms with E-state index in [0.29, 0.717) is 12.3 Å². The zero-order chi connectivity index (χ0) is 12.9. The molecule has 1 fully saturated rings. The van der Waals surface area contributed by atoms with Crippen LogP contribution in [0.2, 0.25) is 0 Å². The van der Waals surface area contributed by atoms with Crippen molar-refractivity contribution < 1.29 is 13.2 Å². The lowest BCUT2D eigenvalue weighted by Gasteiger charge is -2.11. The molecular formula is C11H22N2O3S. The number of hydrogen-bond acceptors (Lipinski definition) is 4. The van der Waals surface area contributed by atoms with Crippen LogP contribution >= 0.6 is 0 Å². The number of amides is 1. The minimum Gasteiger partial charge on any atom is -0.351 e. The summed E-state index contributed by atoms with van der Waals surface area (Å²) in [5.41, 5.74) is 0. The molecule has 1 aliphatic rings. The Morgan fingerprint density at radius 1 is 1.41 bits per heavy atom. The van der Waals surface area contributed by atoms with E-state index in [9.17, 15) is 13.2 Å². The molecule has 0 aromatic heterocycles. The maximum atomic E-state index is 11.5. The molecule has 1 rings (SSSR count). The molecule has 5 nitrogen and oxygen atoms in total. The average molecular weight is 262 g/mol. The Balaban J connectivity index is 2.14. The largest absolute Gasteiger partial charge is 0.351 e. The summed E-state index contributed by atoms with van der Waals surface area (Å²) in [5, 5.41) is 5.79. The number of rotatable bonds is 6. The Bertz CT molecular complexity index is 352. The standard InChI is InChI=1S/C11H22N2O3S/c1-9(2)3-5-12-7-11(14)13-10-4-6-17(15,16)8-10/h9-10,12H,3-8H2,1-2H3,(H,13,14). The van der Waals surface area contributed by atoms with Crippen LogP contribution in [0.25, 0.3) is 0 Å². The predicted molar refractivity (Wildman–Crippen MR) is 67.5 cm³/mol. The summed E-state index contributed by atoms with van der Waals surface area (Å²) in [4.78, 5) is 11.5. The molecule has 1 aliphatic heterocycles. The van der Waals surface area contributed by atoms with Crippen LogP contribution in [0.1, 0.15) is 26.7 Å². The monoisotopic (exact) mass is 262 g/mol. The zero-order valence-electron chi connectivity index (χ0n) is 10.5. The van der Waals surface area contributed by atoms with Gasteiger partial charge in [-0.25, -0.2) is 8.42 Å². The van der Waals surface area contributed by atoms with Gasteiger partial charge in [0.05, 0.1) is 18.1 Å². The van der Waals surface area contributed by atoms with Gasteiger partial charge in [0, 0.05) is 6.04 Å². The number of carbonyl (C=O) groups is 1. The lowest BCUT2D eigenvalue weighted by atomic mass is 10.1. The first-order chi connectivity index (χ1) is 7.89. The molecule has 0 aromatic rings. The van der Waals surface area contributed by atoms with Gasteiger partial charge in [-0.15, -0.1) is 0 Å². The van der Waals surface area contributed by atoms with Crippen molar-refractivity contribution in [3.8, 4) is 0 Å². The third-order valence-corrected chi connectivity index (χ3v) is 4.55. The molecule has 1 heterocycles. The lowest BCUT2D eigenvalue weighted by molar-refractivity contribution is -0.120. The van der Waals surface area contributed by atoms with Crippen LogP contribution in [0.3, 0.4) is 0 Å². The van der Waals surface area contributed by atoms with Crippen molar-refractivity contribution in [1.29, 1.82) is 0 Å². The minimum atomic E-state index is -2.91. The first-order valence-corrected chi connectivity index (χ1v) is 7.91. The van der Waals surface area contributed by atoms with Gasteiger partial charge in [-0.3, -0.25) is 4.79 Å². The summed E-state index contributed by atoms with van der Waals surface area (Å²) in [6, 6.07) is -0.195. The molecule has 0 radical (unpaired) electrons. The molecule has 17 heavy (non-hydrogen) atoms. The van der Waals surface area contributed by atoms with Crippen LogP contribution in [-0.2, 0) is 14.6 Å². The van der Waals surface area contributed by atoms with E-state index in [1.807, 2.05) is 0 Å². The number of hydrogen-bond donors (Lipinski definition) is 2. The van der Waals surface area contributed by atoms with Gasteiger partial charge in [0.15, 0.2) is 9.84 Å². The Labute approximate surface area is 103 Å². The number of nitrogens with one attached hydrogen (secondary N) is 2. The van der Waals surface area contributed by atoms with Crippen molar-refractivity contribution in [2.75, 3.05) is 24.6 Å². The van der Waals surface area contributed by atoms with Crippen LogP contribution in [0, 0.1) is 5.92 Å². The molecular weight excluding hydrogens is 240 g/mol. The SMILES string of the molecule is CC(C)CCNCC(=O)NC1CCS(=O)(=O)C1. The Hall–Kier alpha value is -0.620. The van der Waals surface area contributed by atoms with E-state index in [0.717, 1.165) is 13.0 Å². The van der Waals surface area contributed by atoms with Crippen molar-refractivity contribution in [2.24, 2.45) is 5.92 Å². The van der Waals surface area contributed by atoms with E-state index < -0.39 is 9.84 Å². The molecule has 0 spiro atoms. The van der Waals surface area contributed by atoms with Crippen LogP contribution < -0.4 is 10.6 Å². The molecule has 0 aromatic carbocycles. The fourth-order valence-corrected chi connectivity index (χ4v) is 3.45. The minimum absolute atomic E-state index is 0.0880. The summed E-state index contributed by atoms with van der Waals surface area (Å²) in [6.07, 6.45) is 1.57. The molecule has 0 aliphatic carbocycles. The van der Waals surface area contributed by atoms with Crippen molar-refractivity contribution in [2.45, 2.75) is 32.7 Å². The van der Waals surface area contributed by atoms with Gasteiger partial charge < -0.3 is 10.6 Å². The molecule has 1 amide bonds. The van der Waals surface area contributed by atoms with Gasteiger partial charge >= 0.3 is 0 Å². The molecule has 0 saturated carbocycles. The second kappa shape index (κ2) is 6.35. The van der Waals surface area contributed by atoms with Gasteiger partial charge in [-0.05, 0) is 25.3 Å². The molecule has 1 unspecified atom stereocenters. The molecule has 2 N–H and O–H groups in total. The van der Waals surface area contributed by atoms with Crippen molar-refractivity contribution in [3.05, 3.63) is 0 Å². The first-order valence-electron chi connectivity index (χ1n) is 6.09. The van der Waals surface area contributed by atoms with Crippen molar-refractivity contribution in [1.82, 2.24) is 10.6 Å². The first kappa shape index (κ1) is 14.4. The highest BCUT2D eigenvalue weighted by atomic mass is 32.2. The fourth-order valence-electron chi connectivity index (χ4n) is 1.78. The normalized spacial score (nSPS) is 22.9. The van der Waals surface area contributed by atoms with E-state index in [2.05, 4.69) is 24.5 Å². The fraction of sp³-hybridized carbons (Fsp3) is 0.909. The molecule has 0 bridgehead atoms. The summed E-state index contributed by atoms with van der Waals surface area (Å²) in [6.45, 7) is 5.34. The lowest BCUT2D eigenvalue weighted by Crippen LogP contribution is -2.41. The second-order valence-corrected chi connectivity index (χ2v) is 7.26. The Morgan fingerprint density at radius 3 is 2.65 bits per heavy atom. The highest BCUT2D eigenvalue weighted by Crippen LogP contribution is 2.10. The van der Waals surface area contributed by atoms with E-state index >= 15 is 0 Å². The maximum Gasteiger partial charge on any atom is 0.234 e. The van der Waals surface area contributed by atoms with E-state index in [1.54, 1.807) is 0 Å². The summed E-state index contributed by atoms with van der Waals surface area (Å²) >= 11 is 0. The topological polar surface area (TPSA) is 75.3 Å². The van der Waals surface area contributed by atoms with Crippen molar-refractivity contribution >= 4 is 15.7 Å². The maximum absolute atomic E-state index is 11.5. The predicted octanol–water partition coefficient (Wildman–Crippen LogP) is -0.0746. The summed E-state index contributed by atoms with van der Waals surface area (Å²) < 4.78 is 22.4. The second-order valence-electron chi connectivity index (χ2n) is 5.03. The van der Waals surface area contributed by atoms with Crippen LogP contribution in [-0.4, -0.2) is 45.0 Å². The van der Waals surface area contributed by atoms with Crippen LogP contribution in [0.4, 0.5) is 0 Å². The smallest absolute Gasteiger partial charge is 0.234 e. The van der Waals surface area contributed by atoms with Gasteiger partial charge in [0.25, 0.3) is 0 Å². The van der Waals surface area contributed by atoms with E-state index in [-0.39, 0.29) is 30.0 Å². The third kappa shape index (κ3) is 6.02.